The second kappa shape index (κ2) is 8.48. The van der Waals surface area contributed by atoms with E-state index in [1.165, 1.54) is 7.11 Å². The topological polar surface area (TPSA) is 81.7 Å². The van der Waals surface area contributed by atoms with E-state index in [-0.39, 0.29) is 23.7 Å². The summed E-state index contributed by atoms with van der Waals surface area (Å²) in [5.74, 6) is -0.103. The SMILES string of the molecule is COCCCNC(=O)C(C)S(=O)CC1(CC(=O)OC)CC1. The third kappa shape index (κ3) is 6.13. The summed E-state index contributed by atoms with van der Waals surface area (Å²) in [6, 6.07) is 0. The third-order valence-electron chi connectivity index (χ3n) is 3.74. The van der Waals surface area contributed by atoms with Gasteiger partial charge >= 0.3 is 5.97 Å². The first-order chi connectivity index (χ1) is 9.94. The molecule has 2 unspecified atom stereocenters. The smallest absolute Gasteiger partial charge is 0.306 e. The second-order valence-electron chi connectivity index (χ2n) is 5.56. The van der Waals surface area contributed by atoms with Gasteiger partial charge in [0.05, 0.1) is 13.5 Å². The van der Waals surface area contributed by atoms with E-state index in [0.29, 0.717) is 18.9 Å². The number of carbonyl (C=O) groups is 2. The van der Waals surface area contributed by atoms with Crippen molar-refractivity contribution in [2.24, 2.45) is 5.41 Å². The van der Waals surface area contributed by atoms with Crippen LogP contribution in [0.1, 0.15) is 32.6 Å². The van der Waals surface area contributed by atoms with Crippen molar-refractivity contribution in [1.29, 1.82) is 0 Å². The van der Waals surface area contributed by atoms with Gasteiger partial charge in [0.15, 0.2) is 0 Å². The number of hydrogen-bond donors (Lipinski definition) is 1. The maximum atomic E-state index is 12.3. The highest BCUT2D eigenvalue weighted by molar-refractivity contribution is 7.86. The molecule has 0 heterocycles. The number of nitrogens with one attached hydrogen (secondary N) is 1. The minimum Gasteiger partial charge on any atom is -0.469 e. The van der Waals surface area contributed by atoms with Gasteiger partial charge in [-0.2, -0.15) is 0 Å². The lowest BCUT2D eigenvalue weighted by molar-refractivity contribution is -0.141. The molecule has 7 heteroatoms. The summed E-state index contributed by atoms with van der Waals surface area (Å²) in [6.07, 6.45) is 2.76. The average Bonchev–Trinajstić information content (AvgIpc) is 3.21. The largest absolute Gasteiger partial charge is 0.469 e. The van der Waals surface area contributed by atoms with Crippen LogP contribution in [0, 0.1) is 5.41 Å². The number of esters is 1. The van der Waals surface area contributed by atoms with Crippen molar-refractivity contribution in [3.63, 3.8) is 0 Å². The van der Waals surface area contributed by atoms with Crippen molar-refractivity contribution in [3.8, 4) is 0 Å². The van der Waals surface area contributed by atoms with Crippen LogP contribution in [0.15, 0.2) is 0 Å². The Labute approximate surface area is 128 Å². The maximum absolute atomic E-state index is 12.3. The molecule has 1 amide bonds. The van der Waals surface area contributed by atoms with Gasteiger partial charge in [-0.3, -0.25) is 13.8 Å². The molecular formula is C14H25NO5S. The lowest BCUT2D eigenvalue weighted by Gasteiger charge is -2.17. The second-order valence-corrected chi connectivity index (χ2v) is 7.31. The fourth-order valence-electron chi connectivity index (χ4n) is 2.05. The standard InChI is InChI=1S/C14H25NO5S/c1-11(13(17)15-7-4-8-19-2)21(18)10-14(5-6-14)9-12(16)20-3/h11H,4-10H2,1-3H3,(H,15,17). The van der Waals surface area contributed by atoms with Gasteiger partial charge in [0.1, 0.15) is 5.25 Å². The first kappa shape index (κ1) is 18.1. The fourth-order valence-corrected chi connectivity index (χ4v) is 3.61. The number of amides is 1. The number of carbonyl (C=O) groups excluding carboxylic acids is 2. The van der Waals surface area contributed by atoms with Gasteiger partial charge in [0.2, 0.25) is 5.91 Å². The van der Waals surface area contributed by atoms with Gasteiger partial charge in [0.25, 0.3) is 0 Å². The molecule has 0 aromatic heterocycles. The van der Waals surface area contributed by atoms with E-state index in [2.05, 4.69) is 10.1 Å². The first-order valence-electron chi connectivity index (χ1n) is 7.15. The number of rotatable bonds is 10. The van der Waals surface area contributed by atoms with Crippen LogP contribution < -0.4 is 5.32 Å². The summed E-state index contributed by atoms with van der Waals surface area (Å²) in [5, 5.41) is 2.19. The Morgan fingerprint density at radius 3 is 2.52 bits per heavy atom. The van der Waals surface area contributed by atoms with E-state index in [1.54, 1.807) is 14.0 Å². The summed E-state index contributed by atoms with van der Waals surface area (Å²) < 4.78 is 21.8. The predicted molar refractivity (Wildman–Crippen MR) is 80.3 cm³/mol. The third-order valence-corrected chi connectivity index (χ3v) is 5.64. The molecule has 0 aromatic rings. The van der Waals surface area contributed by atoms with E-state index in [0.717, 1.165) is 19.3 Å². The van der Waals surface area contributed by atoms with E-state index in [1.807, 2.05) is 0 Å². The molecule has 122 valence electrons. The van der Waals surface area contributed by atoms with Crippen molar-refractivity contribution >= 4 is 22.7 Å². The average molecular weight is 319 g/mol. The molecule has 1 rings (SSSR count). The molecule has 0 bridgehead atoms. The monoisotopic (exact) mass is 319 g/mol. The number of ether oxygens (including phenoxy) is 2. The Bertz CT molecular complexity index is 395. The van der Waals surface area contributed by atoms with Crippen LogP contribution in [0.5, 0.6) is 0 Å². The van der Waals surface area contributed by atoms with Gasteiger partial charge in [-0.15, -0.1) is 0 Å². The Balaban J connectivity index is 2.37. The summed E-state index contributed by atoms with van der Waals surface area (Å²) in [6.45, 7) is 2.76. The van der Waals surface area contributed by atoms with Crippen molar-refractivity contribution in [1.82, 2.24) is 5.32 Å². The number of hydrogen-bond acceptors (Lipinski definition) is 5. The predicted octanol–water partition coefficient (Wildman–Crippen LogP) is 0.620. The van der Waals surface area contributed by atoms with E-state index < -0.39 is 16.0 Å². The molecule has 0 spiro atoms. The van der Waals surface area contributed by atoms with Gasteiger partial charge in [-0.1, -0.05) is 0 Å². The molecular weight excluding hydrogens is 294 g/mol. The molecule has 0 radical (unpaired) electrons. The first-order valence-corrected chi connectivity index (χ1v) is 8.53. The van der Waals surface area contributed by atoms with Crippen LogP contribution in [0.4, 0.5) is 0 Å². The van der Waals surface area contributed by atoms with Crippen LogP contribution >= 0.6 is 0 Å². The molecule has 21 heavy (non-hydrogen) atoms. The zero-order valence-corrected chi connectivity index (χ0v) is 13.8. The van der Waals surface area contributed by atoms with Crippen molar-refractivity contribution in [2.75, 3.05) is 33.1 Å². The van der Waals surface area contributed by atoms with Crippen LogP contribution in [0.2, 0.25) is 0 Å². The quantitative estimate of drug-likeness (QED) is 0.471. The van der Waals surface area contributed by atoms with E-state index in [4.69, 9.17) is 4.74 Å². The molecule has 1 aliphatic rings. The minimum atomic E-state index is -1.28. The lowest BCUT2D eigenvalue weighted by atomic mass is 10.1. The molecule has 1 N–H and O–H groups in total. The normalized spacial score (nSPS) is 18.6. The van der Waals surface area contributed by atoms with Gasteiger partial charge in [0, 0.05) is 36.8 Å². The Kier molecular flexibility index (Phi) is 7.31. The van der Waals surface area contributed by atoms with Crippen LogP contribution in [0.3, 0.4) is 0 Å². The molecule has 0 aliphatic heterocycles. The Hall–Kier alpha value is -0.950. The highest BCUT2D eigenvalue weighted by atomic mass is 32.2. The molecule has 0 saturated heterocycles. The summed E-state index contributed by atoms with van der Waals surface area (Å²) in [7, 11) is 1.68. The van der Waals surface area contributed by atoms with E-state index in [9.17, 15) is 13.8 Å². The van der Waals surface area contributed by atoms with Gasteiger partial charge in [-0.25, -0.2) is 0 Å². The van der Waals surface area contributed by atoms with Crippen LogP contribution in [-0.2, 0) is 29.9 Å². The number of methoxy groups -OCH3 is 2. The molecule has 1 saturated carbocycles. The van der Waals surface area contributed by atoms with Crippen molar-refractivity contribution in [2.45, 2.75) is 37.9 Å². The zero-order valence-electron chi connectivity index (χ0n) is 13.0. The van der Waals surface area contributed by atoms with Crippen LogP contribution in [-0.4, -0.2) is 54.5 Å². The highest BCUT2D eigenvalue weighted by Crippen LogP contribution is 2.49. The lowest BCUT2D eigenvalue weighted by Crippen LogP contribution is -2.38. The summed E-state index contributed by atoms with van der Waals surface area (Å²) in [4.78, 5) is 23.2. The highest BCUT2D eigenvalue weighted by Gasteiger charge is 2.46. The molecule has 6 nitrogen and oxygen atoms in total. The van der Waals surface area contributed by atoms with Crippen molar-refractivity contribution < 1.29 is 23.3 Å². The fraction of sp³-hybridized carbons (Fsp3) is 0.857. The summed E-state index contributed by atoms with van der Waals surface area (Å²) in [5.41, 5.74) is -0.220. The van der Waals surface area contributed by atoms with Gasteiger partial charge < -0.3 is 14.8 Å². The molecule has 2 atom stereocenters. The molecule has 1 aliphatic carbocycles. The Morgan fingerprint density at radius 2 is 2.00 bits per heavy atom. The summed E-state index contributed by atoms with van der Waals surface area (Å²) >= 11 is 0. The maximum Gasteiger partial charge on any atom is 0.306 e. The van der Waals surface area contributed by atoms with Crippen molar-refractivity contribution in [3.05, 3.63) is 0 Å². The van der Waals surface area contributed by atoms with Crippen LogP contribution in [0.25, 0.3) is 0 Å². The molecule has 0 aromatic carbocycles. The van der Waals surface area contributed by atoms with E-state index >= 15 is 0 Å². The Morgan fingerprint density at radius 1 is 1.33 bits per heavy atom. The van der Waals surface area contributed by atoms with Gasteiger partial charge in [-0.05, 0) is 31.6 Å². The molecule has 1 fully saturated rings. The minimum absolute atomic E-state index is 0.210. The zero-order chi connectivity index (χ0) is 15.9.